The van der Waals surface area contributed by atoms with Crippen LogP contribution >= 0.6 is 27.3 Å². The van der Waals surface area contributed by atoms with Crippen molar-refractivity contribution in [3.63, 3.8) is 0 Å². The summed E-state index contributed by atoms with van der Waals surface area (Å²) in [7, 11) is -2.47. The summed E-state index contributed by atoms with van der Waals surface area (Å²) in [5.74, 6) is -1.43. The monoisotopic (exact) mass is 327 g/mol. The zero-order chi connectivity index (χ0) is 12.2. The molecule has 1 rings (SSSR count). The van der Waals surface area contributed by atoms with E-state index in [1.54, 1.807) is 0 Å². The zero-order valence-corrected chi connectivity index (χ0v) is 11.6. The van der Waals surface area contributed by atoms with Gasteiger partial charge in [0.1, 0.15) is 0 Å². The molecule has 1 aromatic heterocycles. The third kappa shape index (κ3) is 4.60. The third-order valence-corrected chi connectivity index (χ3v) is 4.52. The number of carbonyl (C=O) groups is 1. The first-order chi connectivity index (χ1) is 7.43. The fourth-order valence-electron chi connectivity index (χ4n) is 0.893. The molecular formula is C8H10BrNO4S2. The van der Waals surface area contributed by atoms with Gasteiger partial charge in [0.2, 0.25) is 10.0 Å². The Bertz CT molecular complexity index is 468. The first kappa shape index (κ1) is 13.6. The van der Waals surface area contributed by atoms with E-state index in [2.05, 4.69) is 25.4 Å². The van der Waals surface area contributed by atoms with Crippen LogP contribution in [0.5, 0.6) is 0 Å². The minimum Gasteiger partial charge on any atom is -0.468 e. The van der Waals surface area contributed by atoms with Crippen molar-refractivity contribution in [3.05, 3.63) is 20.8 Å². The highest BCUT2D eigenvalue weighted by Crippen LogP contribution is 2.19. The second-order valence-electron chi connectivity index (χ2n) is 2.89. The lowest BCUT2D eigenvalue weighted by Crippen LogP contribution is -2.30. The number of halogens is 1. The van der Waals surface area contributed by atoms with E-state index in [1.165, 1.54) is 11.3 Å². The lowest BCUT2D eigenvalue weighted by molar-refractivity contribution is -0.137. The summed E-state index contributed by atoms with van der Waals surface area (Å²) in [4.78, 5) is 11.7. The number of carbonyl (C=O) groups excluding carboxylic acids is 1. The molecule has 1 aromatic rings. The van der Waals surface area contributed by atoms with Gasteiger partial charge in [-0.2, -0.15) is 0 Å². The van der Waals surface area contributed by atoms with Gasteiger partial charge in [-0.25, -0.2) is 13.1 Å². The van der Waals surface area contributed by atoms with E-state index in [0.717, 1.165) is 16.5 Å². The van der Waals surface area contributed by atoms with E-state index in [0.29, 0.717) is 0 Å². The molecule has 0 saturated heterocycles. The predicted octanol–water partition coefficient (Wildman–Crippen LogP) is 1.10. The Labute approximate surface area is 106 Å². The zero-order valence-electron chi connectivity index (χ0n) is 8.40. The molecule has 0 bridgehead atoms. The summed E-state index contributed by atoms with van der Waals surface area (Å²) >= 11 is 4.69. The van der Waals surface area contributed by atoms with Crippen molar-refractivity contribution < 1.29 is 17.9 Å². The van der Waals surface area contributed by atoms with Crippen LogP contribution in [0.15, 0.2) is 15.9 Å². The van der Waals surface area contributed by atoms with Gasteiger partial charge in [0.05, 0.1) is 7.11 Å². The molecule has 0 fully saturated rings. The fraction of sp³-hybridized carbons (Fsp3) is 0.375. The number of thiophene rings is 1. The van der Waals surface area contributed by atoms with Gasteiger partial charge in [-0.3, -0.25) is 4.79 Å². The van der Waals surface area contributed by atoms with Crippen molar-refractivity contribution in [1.29, 1.82) is 0 Å². The van der Waals surface area contributed by atoms with Crippen LogP contribution in [0.2, 0.25) is 0 Å². The lowest BCUT2D eigenvalue weighted by Gasteiger charge is -2.03. The maximum Gasteiger partial charge on any atom is 0.322 e. The minimum atomic E-state index is -3.62. The van der Waals surface area contributed by atoms with Gasteiger partial charge in [0, 0.05) is 21.3 Å². The Morgan fingerprint density at radius 2 is 2.31 bits per heavy atom. The molecular weight excluding hydrogens is 318 g/mol. The first-order valence-electron chi connectivity index (χ1n) is 4.20. The maximum atomic E-state index is 11.4. The smallest absolute Gasteiger partial charge is 0.322 e. The molecule has 1 heterocycles. The highest BCUT2D eigenvalue weighted by molar-refractivity contribution is 9.10. The van der Waals surface area contributed by atoms with E-state index in [9.17, 15) is 13.2 Å². The molecule has 0 unspecified atom stereocenters. The average molecular weight is 328 g/mol. The second-order valence-corrected chi connectivity index (χ2v) is 6.61. The Morgan fingerprint density at radius 3 is 2.81 bits per heavy atom. The summed E-state index contributed by atoms with van der Waals surface area (Å²) < 4.78 is 30.2. The Balaban J connectivity index is 2.51. The number of hydrogen-bond donors (Lipinski definition) is 1. The third-order valence-electron chi connectivity index (χ3n) is 1.62. The molecule has 0 aliphatic heterocycles. The quantitative estimate of drug-likeness (QED) is 0.822. The highest BCUT2D eigenvalue weighted by Gasteiger charge is 2.16. The first-order valence-corrected chi connectivity index (χ1v) is 7.52. The molecule has 90 valence electrons. The molecule has 8 heteroatoms. The summed E-state index contributed by atoms with van der Waals surface area (Å²) in [6.07, 6.45) is 0. The highest BCUT2D eigenvalue weighted by atomic mass is 79.9. The molecule has 0 aliphatic rings. The SMILES string of the molecule is COC(=O)CS(=O)(=O)NCc1cc(Br)cs1. The van der Waals surface area contributed by atoms with Crippen molar-refractivity contribution in [2.45, 2.75) is 6.54 Å². The van der Waals surface area contributed by atoms with E-state index in [4.69, 9.17) is 0 Å². The van der Waals surface area contributed by atoms with Gasteiger partial charge in [-0.1, -0.05) is 0 Å². The summed E-state index contributed by atoms with van der Waals surface area (Å²) in [5, 5.41) is 1.85. The van der Waals surface area contributed by atoms with Gasteiger partial charge in [-0.15, -0.1) is 11.3 Å². The fourth-order valence-corrected chi connectivity index (χ4v) is 3.28. The molecule has 1 N–H and O–H groups in total. The number of rotatable bonds is 5. The normalized spacial score (nSPS) is 11.4. The van der Waals surface area contributed by atoms with Gasteiger partial charge >= 0.3 is 5.97 Å². The summed E-state index contributed by atoms with van der Waals surface area (Å²) in [5.41, 5.74) is 0. The lowest BCUT2D eigenvalue weighted by atomic mass is 10.5. The molecule has 0 aliphatic carbocycles. The van der Waals surface area contributed by atoms with Crippen LogP contribution in [-0.4, -0.2) is 27.2 Å². The number of hydrogen-bond acceptors (Lipinski definition) is 5. The molecule has 0 radical (unpaired) electrons. The molecule has 0 spiro atoms. The molecule has 0 saturated carbocycles. The minimum absolute atomic E-state index is 0.176. The molecule has 16 heavy (non-hydrogen) atoms. The van der Waals surface area contributed by atoms with Crippen LogP contribution in [0.4, 0.5) is 0 Å². The van der Waals surface area contributed by atoms with E-state index in [1.807, 2.05) is 11.4 Å². The standard InChI is InChI=1S/C8H10BrNO4S2/c1-14-8(11)5-16(12,13)10-3-7-2-6(9)4-15-7/h2,4,10H,3,5H2,1H3. The Kier molecular flexibility index (Phi) is 4.90. The number of methoxy groups -OCH3 is 1. The summed E-state index contributed by atoms with van der Waals surface area (Å²) in [6, 6.07) is 1.81. The van der Waals surface area contributed by atoms with Crippen LogP contribution in [-0.2, 0) is 26.1 Å². The molecule has 0 aromatic carbocycles. The average Bonchev–Trinajstić information content (AvgIpc) is 2.61. The van der Waals surface area contributed by atoms with Crippen LogP contribution in [0.3, 0.4) is 0 Å². The molecule has 0 amide bonds. The number of nitrogens with one attached hydrogen (secondary N) is 1. The van der Waals surface area contributed by atoms with E-state index < -0.39 is 21.7 Å². The van der Waals surface area contributed by atoms with Crippen LogP contribution in [0, 0.1) is 0 Å². The van der Waals surface area contributed by atoms with E-state index >= 15 is 0 Å². The number of ether oxygens (including phenoxy) is 1. The van der Waals surface area contributed by atoms with Crippen molar-refractivity contribution in [2.75, 3.05) is 12.9 Å². The predicted molar refractivity (Wildman–Crippen MR) is 64.7 cm³/mol. The molecule has 0 atom stereocenters. The topological polar surface area (TPSA) is 72.5 Å². The van der Waals surface area contributed by atoms with Crippen LogP contribution < -0.4 is 4.72 Å². The number of sulfonamides is 1. The largest absolute Gasteiger partial charge is 0.468 e. The Morgan fingerprint density at radius 1 is 1.62 bits per heavy atom. The van der Waals surface area contributed by atoms with Gasteiger partial charge in [0.25, 0.3) is 0 Å². The van der Waals surface area contributed by atoms with Gasteiger partial charge in [0.15, 0.2) is 5.75 Å². The van der Waals surface area contributed by atoms with Crippen molar-refractivity contribution in [3.8, 4) is 0 Å². The summed E-state index contributed by atoms with van der Waals surface area (Å²) in [6.45, 7) is 0.176. The maximum absolute atomic E-state index is 11.4. The van der Waals surface area contributed by atoms with E-state index in [-0.39, 0.29) is 6.54 Å². The Hall–Kier alpha value is -0.440. The second kappa shape index (κ2) is 5.76. The molecule has 5 nitrogen and oxygen atoms in total. The van der Waals surface area contributed by atoms with Gasteiger partial charge in [-0.05, 0) is 22.0 Å². The van der Waals surface area contributed by atoms with Crippen molar-refractivity contribution >= 4 is 43.3 Å². The van der Waals surface area contributed by atoms with Crippen LogP contribution in [0.25, 0.3) is 0 Å². The van der Waals surface area contributed by atoms with Crippen molar-refractivity contribution in [2.24, 2.45) is 0 Å². The van der Waals surface area contributed by atoms with Crippen molar-refractivity contribution in [1.82, 2.24) is 4.72 Å². The van der Waals surface area contributed by atoms with Crippen LogP contribution in [0.1, 0.15) is 4.88 Å². The number of esters is 1. The van der Waals surface area contributed by atoms with Gasteiger partial charge < -0.3 is 4.74 Å².